The molecule has 118 valence electrons. The van der Waals surface area contributed by atoms with Gasteiger partial charge in [-0.25, -0.2) is 0 Å². The molecule has 0 aliphatic carbocycles. The monoisotopic (exact) mass is 328 g/mol. The smallest absolute Gasteiger partial charge is 0.295 e. The Labute approximate surface area is 136 Å². The third-order valence-electron chi connectivity index (χ3n) is 4.26. The van der Waals surface area contributed by atoms with Crippen molar-refractivity contribution in [3.8, 4) is 0 Å². The summed E-state index contributed by atoms with van der Waals surface area (Å²) in [6, 6.07) is 9.08. The van der Waals surface area contributed by atoms with E-state index in [4.69, 9.17) is 0 Å². The van der Waals surface area contributed by atoms with E-state index in [1.807, 2.05) is 44.3 Å². The number of para-hydroxylation sites is 1. The summed E-state index contributed by atoms with van der Waals surface area (Å²) in [7, 11) is 1.83. The van der Waals surface area contributed by atoms with Gasteiger partial charge in [0.05, 0.1) is 15.9 Å². The fraction of sp³-hybridized carbons (Fsp3) is 0.312. The van der Waals surface area contributed by atoms with Crippen molar-refractivity contribution in [1.82, 2.24) is 14.3 Å². The summed E-state index contributed by atoms with van der Waals surface area (Å²) in [4.78, 5) is 26.9. The highest BCUT2D eigenvalue weighted by molar-refractivity contribution is 7.16. The number of nitrogens with zero attached hydrogens (tertiary/aromatic N) is 4. The first-order valence-electron chi connectivity index (χ1n) is 7.48. The molecule has 0 spiro atoms. The van der Waals surface area contributed by atoms with Gasteiger partial charge in [-0.1, -0.05) is 23.5 Å². The van der Waals surface area contributed by atoms with Crippen LogP contribution in [-0.2, 0) is 11.8 Å². The Morgan fingerprint density at radius 2 is 2.04 bits per heavy atom. The van der Waals surface area contributed by atoms with E-state index in [1.165, 1.54) is 11.3 Å². The Kier molecular flexibility index (Phi) is 3.12. The first kappa shape index (κ1) is 14.2. The molecule has 3 heterocycles. The summed E-state index contributed by atoms with van der Waals surface area (Å²) in [5.41, 5.74) is 1.71. The number of benzene rings is 1. The number of thiazole rings is 1. The Morgan fingerprint density at radius 3 is 2.78 bits per heavy atom. The summed E-state index contributed by atoms with van der Waals surface area (Å²) in [6.45, 7) is 2.50. The molecule has 23 heavy (non-hydrogen) atoms. The van der Waals surface area contributed by atoms with Gasteiger partial charge in [0.1, 0.15) is 11.9 Å². The van der Waals surface area contributed by atoms with Gasteiger partial charge >= 0.3 is 4.87 Å². The van der Waals surface area contributed by atoms with E-state index in [9.17, 15) is 9.59 Å². The predicted molar refractivity (Wildman–Crippen MR) is 90.0 cm³/mol. The molecule has 7 heteroatoms. The molecule has 0 saturated carbocycles. The van der Waals surface area contributed by atoms with Gasteiger partial charge in [-0.05, 0) is 25.5 Å². The van der Waals surface area contributed by atoms with Crippen LogP contribution in [0.3, 0.4) is 0 Å². The normalized spacial score (nSPS) is 18.3. The summed E-state index contributed by atoms with van der Waals surface area (Å²) >= 11 is 1.19. The molecular weight excluding hydrogens is 312 g/mol. The minimum atomic E-state index is -0.436. The summed E-state index contributed by atoms with van der Waals surface area (Å²) in [5.74, 6) is 0.737. The van der Waals surface area contributed by atoms with Crippen LogP contribution in [0.2, 0.25) is 0 Å². The number of hydrogen-bond donors (Lipinski definition) is 0. The van der Waals surface area contributed by atoms with Gasteiger partial charge in [0.15, 0.2) is 0 Å². The second kappa shape index (κ2) is 5.06. The van der Waals surface area contributed by atoms with Crippen LogP contribution in [0.15, 0.2) is 35.1 Å². The lowest BCUT2D eigenvalue weighted by atomic mass is 10.2. The molecule has 4 rings (SSSR count). The average Bonchev–Trinajstić information content (AvgIpc) is 3.14. The minimum absolute atomic E-state index is 0.0429. The highest BCUT2D eigenvalue weighted by Gasteiger charge is 2.36. The molecule has 3 aromatic rings. The first-order valence-corrected chi connectivity index (χ1v) is 8.30. The maximum Gasteiger partial charge on any atom is 0.308 e. The van der Waals surface area contributed by atoms with Crippen molar-refractivity contribution in [3.63, 3.8) is 0 Å². The molecule has 1 aliphatic heterocycles. The zero-order chi connectivity index (χ0) is 16.1. The van der Waals surface area contributed by atoms with Crippen molar-refractivity contribution in [3.05, 3.63) is 45.7 Å². The van der Waals surface area contributed by atoms with Crippen LogP contribution in [0.1, 0.15) is 18.2 Å². The molecule has 1 aliphatic rings. The molecule has 0 N–H and O–H groups in total. The Morgan fingerprint density at radius 1 is 1.26 bits per heavy atom. The predicted octanol–water partition coefficient (Wildman–Crippen LogP) is 2.08. The zero-order valence-electron chi connectivity index (χ0n) is 12.9. The number of amides is 1. The molecule has 1 saturated heterocycles. The highest BCUT2D eigenvalue weighted by Crippen LogP contribution is 2.31. The average molecular weight is 328 g/mol. The van der Waals surface area contributed by atoms with Crippen LogP contribution >= 0.6 is 11.3 Å². The lowest BCUT2D eigenvalue weighted by Gasteiger charge is -2.17. The topological polar surface area (TPSA) is 60.1 Å². The Bertz CT molecular complexity index is 968. The van der Waals surface area contributed by atoms with E-state index in [2.05, 4.69) is 5.10 Å². The third-order valence-corrected chi connectivity index (χ3v) is 5.20. The zero-order valence-corrected chi connectivity index (χ0v) is 13.7. The summed E-state index contributed by atoms with van der Waals surface area (Å²) in [6.07, 6.45) is 0.629. The molecule has 1 aromatic carbocycles. The number of hydrogen-bond acceptors (Lipinski definition) is 4. The van der Waals surface area contributed by atoms with Crippen molar-refractivity contribution in [2.24, 2.45) is 7.05 Å². The minimum Gasteiger partial charge on any atom is -0.295 e. The number of anilines is 1. The summed E-state index contributed by atoms with van der Waals surface area (Å²) in [5, 5.41) is 4.30. The first-order chi connectivity index (χ1) is 11.1. The van der Waals surface area contributed by atoms with E-state index >= 15 is 0 Å². The van der Waals surface area contributed by atoms with Gasteiger partial charge in [-0.2, -0.15) is 5.10 Å². The van der Waals surface area contributed by atoms with Crippen molar-refractivity contribution < 1.29 is 4.79 Å². The van der Waals surface area contributed by atoms with Crippen molar-refractivity contribution >= 4 is 33.3 Å². The van der Waals surface area contributed by atoms with E-state index in [1.54, 1.807) is 14.1 Å². The van der Waals surface area contributed by atoms with Gasteiger partial charge < -0.3 is 0 Å². The number of rotatable bonds is 2. The molecule has 2 aromatic heterocycles. The second-order valence-electron chi connectivity index (χ2n) is 5.77. The Hall–Kier alpha value is -2.41. The molecular formula is C16H16N4O2S. The molecule has 6 nitrogen and oxygen atoms in total. The van der Waals surface area contributed by atoms with Crippen molar-refractivity contribution in [2.75, 3.05) is 11.4 Å². The van der Waals surface area contributed by atoms with Crippen LogP contribution in [-0.4, -0.2) is 26.8 Å². The Balaban J connectivity index is 1.77. The lowest BCUT2D eigenvalue weighted by molar-refractivity contribution is -0.119. The number of fused-ring (bicyclic) bond motifs is 1. The second-order valence-corrected chi connectivity index (χ2v) is 6.76. The molecule has 1 fully saturated rings. The number of carbonyl (C=O) groups excluding carboxylic acids is 1. The van der Waals surface area contributed by atoms with Gasteiger partial charge in [-0.3, -0.25) is 23.7 Å². The summed E-state index contributed by atoms with van der Waals surface area (Å²) < 4.78 is 4.27. The van der Waals surface area contributed by atoms with Crippen LogP contribution < -0.4 is 9.77 Å². The maximum absolute atomic E-state index is 12.9. The largest absolute Gasteiger partial charge is 0.308 e. The number of aryl methyl sites for hydroxylation is 2. The quantitative estimate of drug-likeness (QED) is 0.724. The SMILES string of the molecule is Cc1cc(N2CC[C@H](n3c(=O)sc4ccccc43)C2=O)n(C)n1. The molecule has 0 radical (unpaired) electrons. The van der Waals surface area contributed by atoms with Crippen molar-refractivity contribution in [1.29, 1.82) is 0 Å². The number of aromatic nitrogens is 3. The fourth-order valence-electron chi connectivity index (χ4n) is 3.26. The number of carbonyl (C=O) groups is 1. The maximum atomic E-state index is 12.9. The van der Waals surface area contributed by atoms with Gasteiger partial charge in [0.25, 0.3) is 5.91 Å². The van der Waals surface area contributed by atoms with Gasteiger partial charge in [-0.15, -0.1) is 0 Å². The van der Waals surface area contributed by atoms with Crippen LogP contribution in [0, 0.1) is 6.92 Å². The highest BCUT2D eigenvalue weighted by atomic mass is 32.1. The van der Waals surface area contributed by atoms with E-state index < -0.39 is 6.04 Å². The van der Waals surface area contributed by atoms with E-state index in [0.29, 0.717) is 13.0 Å². The molecule has 0 unspecified atom stereocenters. The van der Waals surface area contributed by atoms with Gasteiger partial charge in [0, 0.05) is 19.7 Å². The molecule has 0 bridgehead atoms. The fourth-order valence-corrected chi connectivity index (χ4v) is 4.19. The van der Waals surface area contributed by atoms with Crippen LogP contribution in [0.25, 0.3) is 10.2 Å². The standard InChI is InChI=1S/C16H16N4O2S/c1-10-9-14(18(2)17-10)19-8-7-12(15(19)21)20-11-5-3-4-6-13(11)23-16(20)22/h3-6,9,12H,7-8H2,1-2H3/t12-/m0/s1. The van der Waals surface area contributed by atoms with Crippen LogP contribution in [0.4, 0.5) is 5.82 Å². The van der Waals surface area contributed by atoms with Crippen molar-refractivity contribution in [2.45, 2.75) is 19.4 Å². The lowest BCUT2D eigenvalue weighted by Crippen LogP contribution is -2.32. The van der Waals surface area contributed by atoms with E-state index in [0.717, 1.165) is 21.7 Å². The van der Waals surface area contributed by atoms with Gasteiger partial charge in [0.2, 0.25) is 0 Å². The third kappa shape index (κ3) is 2.11. The molecule has 1 atom stereocenters. The van der Waals surface area contributed by atoms with E-state index in [-0.39, 0.29) is 10.8 Å². The molecule has 1 amide bonds. The van der Waals surface area contributed by atoms with Crippen LogP contribution in [0.5, 0.6) is 0 Å².